The van der Waals surface area contributed by atoms with Crippen LogP contribution in [0, 0.1) is 6.92 Å². The number of methoxy groups -OCH3 is 1. The molecule has 0 saturated carbocycles. The summed E-state index contributed by atoms with van der Waals surface area (Å²) in [5.74, 6) is 0.354. The Morgan fingerprint density at radius 1 is 1.35 bits per heavy atom. The van der Waals surface area contributed by atoms with Crippen LogP contribution in [0.25, 0.3) is 0 Å². The molecule has 0 radical (unpaired) electrons. The average molecular weight is 398 g/mol. The van der Waals surface area contributed by atoms with Crippen LogP contribution in [0.1, 0.15) is 29.0 Å². The van der Waals surface area contributed by atoms with Crippen LogP contribution >= 0.6 is 23.2 Å². The van der Waals surface area contributed by atoms with Crippen LogP contribution in [0.3, 0.4) is 0 Å². The molecule has 2 aromatic rings. The van der Waals surface area contributed by atoms with Crippen LogP contribution in [0.5, 0.6) is 5.75 Å². The maximum Gasteiger partial charge on any atom is 0.259 e. The quantitative estimate of drug-likeness (QED) is 0.852. The van der Waals surface area contributed by atoms with Crippen molar-refractivity contribution in [3.05, 3.63) is 39.6 Å². The van der Waals surface area contributed by atoms with Crippen molar-refractivity contribution in [2.24, 2.45) is 0 Å². The van der Waals surface area contributed by atoms with Gasteiger partial charge in [0.25, 0.3) is 5.91 Å². The maximum absolute atomic E-state index is 13.1. The molecule has 1 N–H and O–H groups in total. The predicted octanol–water partition coefficient (Wildman–Crippen LogP) is 3.54. The SMILES string of the molecule is COc1c(Cl)ccc(Cl)c1C(=O)N1CCC[C@H]1C(=O)Nc1cc(C)on1. The van der Waals surface area contributed by atoms with Gasteiger partial charge in [-0.3, -0.25) is 9.59 Å². The highest BCUT2D eigenvalue weighted by Crippen LogP contribution is 2.36. The number of nitrogens with zero attached hydrogens (tertiary/aromatic N) is 2. The van der Waals surface area contributed by atoms with Crippen LogP contribution in [0.2, 0.25) is 10.0 Å². The van der Waals surface area contributed by atoms with Gasteiger partial charge in [0, 0.05) is 12.6 Å². The number of rotatable bonds is 4. The zero-order chi connectivity index (χ0) is 18.8. The normalized spacial score (nSPS) is 16.6. The largest absolute Gasteiger partial charge is 0.494 e. The van der Waals surface area contributed by atoms with Crippen LogP contribution in [-0.4, -0.2) is 41.6 Å². The third-order valence-electron chi connectivity index (χ3n) is 4.17. The van der Waals surface area contributed by atoms with Crippen LogP contribution in [0.15, 0.2) is 22.7 Å². The van der Waals surface area contributed by atoms with E-state index in [1.165, 1.54) is 18.1 Å². The molecule has 1 aliphatic heterocycles. The number of halogens is 2. The Balaban J connectivity index is 1.85. The lowest BCUT2D eigenvalue weighted by Gasteiger charge is -2.25. The van der Waals surface area contributed by atoms with Gasteiger partial charge in [0.2, 0.25) is 5.91 Å². The first kappa shape index (κ1) is 18.5. The molecule has 1 saturated heterocycles. The molecule has 0 spiro atoms. The minimum Gasteiger partial charge on any atom is -0.494 e. The van der Waals surface area contributed by atoms with Gasteiger partial charge in [0.15, 0.2) is 11.6 Å². The summed E-state index contributed by atoms with van der Waals surface area (Å²) < 4.78 is 10.2. The van der Waals surface area contributed by atoms with Crippen molar-refractivity contribution in [3.8, 4) is 5.75 Å². The Morgan fingerprint density at radius 2 is 2.08 bits per heavy atom. The molecule has 26 heavy (non-hydrogen) atoms. The minimum absolute atomic E-state index is 0.152. The fourth-order valence-electron chi connectivity index (χ4n) is 2.99. The first-order valence-corrected chi connectivity index (χ1v) is 8.75. The first-order valence-electron chi connectivity index (χ1n) is 7.99. The molecular formula is C17H17Cl2N3O4. The lowest BCUT2D eigenvalue weighted by Crippen LogP contribution is -2.43. The number of amides is 2. The van der Waals surface area contributed by atoms with Gasteiger partial charge >= 0.3 is 0 Å². The van der Waals surface area contributed by atoms with Crippen LogP contribution < -0.4 is 10.1 Å². The van der Waals surface area contributed by atoms with E-state index < -0.39 is 11.9 Å². The van der Waals surface area contributed by atoms with Crippen LogP contribution in [-0.2, 0) is 4.79 Å². The standard InChI is InChI=1S/C17H17Cl2N3O4/c1-9-8-13(21-26-9)20-16(23)12-4-3-7-22(12)17(24)14-10(18)5-6-11(19)15(14)25-2/h5-6,8,12H,3-4,7H2,1-2H3,(H,20,21,23)/t12-/m0/s1. The number of carbonyl (C=O) groups excluding carboxylic acids is 2. The van der Waals surface area contributed by atoms with E-state index in [1.807, 2.05) is 0 Å². The predicted molar refractivity (Wildman–Crippen MR) is 96.9 cm³/mol. The molecule has 138 valence electrons. The number of hydrogen-bond donors (Lipinski definition) is 1. The molecule has 1 fully saturated rings. The van der Waals surface area contributed by atoms with Crippen molar-refractivity contribution < 1.29 is 18.8 Å². The summed E-state index contributed by atoms with van der Waals surface area (Å²) in [4.78, 5) is 27.1. The molecule has 1 aromatic heterocycles. The number of aryl methyl sites for hydroxylation is 1. The summed E-state index contributed by atoms with van der Waals surface area (Å²) in [5, 5.41) is 6.90. The zero-order valence-corrected chi connectivity index (χ0v) is 15.7. The van der Waals surface area contributed by atoms with E-state index in [-0.39, 0.29) is 27.3 Å². The lowest BCUT2D eigenvalue weighted by molar-refractivity contribution is -0.119. The van der Waals surface area contributed by atoms with E-state index in [2.05, 4.69) is 10.5 Å². The topological polar surface area (TPSA) is 84.7 Å². The maximum atomic E-state index is 13.1. The Morgan fingerprint density at radius 3 is 2.73 bits per heavy atom. The first-order chi connectivity index (χ1) is 12.4. The van der Waals surface area contributed by atoms with Crippen molar-refractivity contribution in [2.45, 2.75) is 25.8 Å². The van der Waals surface area contributed by atoms with E-state index >= 15 is 0 Å². The fraction of sp³-hybridized carbons (Fsp3) is 0.353. The van der Waals surface area contributed by atoms with Gasteiger partial charge in [-0.25, -0.2) is 0 Å². The number of anilines is 1. The summed E-state index contributed by atoms with van der Waals surface area (Å²) in [6, 6.07) is 4.05. The summed E-state index contributed by atoms with van der Waals surface area (Å²) in [7, 11) is 1.41. The molecular weight excluding hydrogens is 381 g/mol. The number of hydrogen-bond acceptors (Lipinski definition) is 5. The summed E-state index contributed by atoms with van der Waals surface area (Å²) >= 11 is 12.3. The molecule has 9 heteroatoms. The molecule has 0 unspecified atom stereocenters. The van der Waals surface area contributed by atoms with Crippen LogP contribution in [0.4, 0.5) is 5.82 Å². The van der Waals surface area contributed by atoms with E-state index in [0.29, 0.717) is 31.0 Å². The second kappa shape index (κ2) is 7.55. The van der Waals surface area contributed by atoms with E-state index in [1.54, 1.807) is 19.1 Å². The van der Waals surface area contributed by atoms with Gasteiger partial charge in [-0.1, -0.05) is 28.4 Å². The molecule has 1 aliphatic rings. The van der Waals surface area contributed by atoms with E-state index in [9.17, 15) is 9.59 Å². The van der Waals surface area contributed by atoms with E-state index in [0.717, 1.165) is 0 Å². The molecule has 2 amide bonds. The van der Waals surface area contributed by atoms with Crippen molar-refractivity contribution in [1.82, 2.24) is 10.1 Å². The van der Waals surface area contributed by atoms with Gasteiger partial charge in [0.1, 0.15) is 17.4 Å². The number of likely N-dealkylation sites (tertiary alicyclic amines) is 1. The summed E-state index contributed by atoms with van der Waals surface area (Å²) in [6.07, 6.45) is 1.23. The highest BCUT2D eigenvalue weighted by Gasteiger charge is 2.37. The van der Waals surface area contributed by atoms with Gasteiger partial charge in [0.05, 0.1) is 17.2 Å². The van der Waals surface area contributed by atoms with Gasteiger partial charge in [-0.15, -0.1) is 0 Å². The second-order valence-electron chi connectivity index (χ2n) is 5.91. The third-order valence-corrected chi connectivity index (χ3v) is 4.78. The lowest BCUT2D eigenvalue weighted by atomic mass is 10.1. The Hall–Kier alpha value is -2.25. The molecule has 2 heterocycles. The smallest absolute Gasteiger partial charge is 0.259 e. The summed E-state index contributed by atoms with van der Waals surface area (Å²) in [5.41, 5.74) is 0.152. The molecule has 3 rings (SSSR count). The number of aromatic nitrogens is 1. The molecule has 0 aliphatic carbocycles. The van der Waals surface area contributed by atoms with Crippen molar-refractivity contribution in [2.75, 3.05) is 19.0 Å². The van der Waals surface area contributed by atoms with Gasteiger partial charge < -0.3 is 19.5 Å². The van der Waals surface area contributed by atoms with Gasteiger partial charge in [-0.2, -0.15) is 0 Å². The fourth-order valence-corrected chi connectivity index (χ4v) is 3.46. The van der Waals surface area contributed by atoms with Crippen molar-refractivity contribution in [1.29, 1.82) is 0 Å². The summed E-state index contributed by atoms with van der Waals surface area (Å²) in [6.45, 7) is 2.15. The Kier molecular flexibility index (Phi) is 5.38. The molecule has 7 nitrogen and oxygen atoms in total. The Labute approximate surface area is 160 Å². The zero-order valence-electron chi connectivity index (χ0n) is 14.2. The number of benzene rings is 1. The second-order valence-corrected chi connectivity index (χ2v) is 6.72. The molecule has 1 atom stereocenters. The number of carbonyl (C=O) groups is 2. The highest BCUT2D eigenvalue weighted by atomic mass is 35.5. The minimum atomic E-state index is -0.640. The van der Waals surface area contributed by atoms with Gasteiger partial charge in [-0.05, 0) is 31.9 Å². The number of nitrogens with one attached hydrogen (secondary N) is 1. The van der Waals surface area contributed by atoms with Crippen molar-refractivity contribution >= 4 is 40.8 Å². The highest BCUT2D eigenvalue weighted by molar-refractivity contribution is 6.37. The number of ether oxygens (including phenoxy) is 1. The monoisotopic (exact) mass is 397 g/mol. The van der Waals surface area contributed by atoms with Crippen molar-refractivity contribution in [3.63, 3.8) is 0 Å². The Bertz CT molecular complexity index is 853. The van der Waals surface area contributed by atoms with E-state index in [4.69, 9.17) is 32.5 Å². The average Bonchev–Trinajstić information content (AvgIpc) is 3.25. The molecule has 0 bridgehead atoms. The molecule has 1 aromatic carbocycles. The third kappa shape index (κ3) is 3.50.